The summed E-state index contributed by atoms with van der Waals surface area (Å²) < 4.78 is 18.5. The van der Waals surface area contributed by atoms with Crippen molar-refractivity contribution in [1.82, 2.24) is 9.96 Å². The van der Waals surface area contributed by atoms with Crippen LogP contribution in [0.25, 0.3) is 0 Å². The minimum absolute atomic E-state index is 0.0887. The molecule has 3 amide bonds. The van der Waals surface area contributed by atoms with Gasteiger partial charge < -0.3 is 15.4 Å². The zero-order valence-corrected chi connectivity index (χ0v) is 13.0. The lowest BCUT2D eigenvalue weighted by molar-refractivity contribution is -0.223. The molecule has 0 aromatic rings. The van der Waals surface area contributed by atoms with E-state index in [9.17, 15) is 18.8 Å². The minimum Gasteiger partial charge on any atom is -0.462 e. The lowest BCUT2D eigenvalue weighted by atomic mass is 10.0. The number of nitrogens with two attached hydrogens (primary N) is 1. The SMILES string of the molecule is CCCCOC(=O)[C@@H](F)ON1C(=O)N2C[C@@H]1C=C(C)[C@H]2C(N)=O. The van der Waals surface area contributed by atoms with E-state index >= 15 is 0 Å². The highest BCUT2D eigenvalue weighted by Crippen LogP contribution is 2.29. The number of esters is 1. The highest BCUT2D eigenvalue weighted by Gasteiger charge is 2.48. The summed E-state index contributed by atoms with van der Waals surface area (Å²) in [4.78, 5) is 41.2. The molecular formula is C14H20FN3O5. The maximum Gasteiger partial charge on any atom is 0.371 e. The van der Waals surface area contributed by atoms with Crippen molar-refractivity contribution < 1.29 is 28.3 Å². The van der Waals surface area contributed by atoms with Crippen molar-refractivity contribution in [3.8, 4) is 0 Å². The van der Waals surface area contributed by atoms with Gasteiger partial charge in [-0.05, 0) is 18.9 Å². The number of rotatable bonds is 7. The van der Waals surface area contributed by atoms with Crippen molar-refractivity contribution in [2.75, 3.05) is 13.2 Å². The Morgan fingerprint density at radius 3 is 2.83 bits per heavy atom. The molecule has 2 aliphatic heterocycles. The Labute approximate surface area is 132 Å². The summed E-state index contributed by atoms with van der Waals surface area (Å²) in [7, 11) is 0. The van der Waals surface area contributed by atoms with Crippen LogP contribution in [0.15, 0.2) is 11.6 Å². The van der Waals surface area contributed by atoms with E-state index in [1.54, 1.807) is 13.0 Å². The molecule has 0 unspecified atom stereocenters. The zero-order chi connectivity index (χ0) is 17.1. The van der Waals surface area contributed by atoms with Gasteiger partial charge in [0.25, 0.3) is 0 Å². The molecule has 1 saturated heterocycles. The number of carbonyl (C=O) groups excluding carboxylic acids is 3. The number of primary amides is 1. The van der Waals surface area contributed by atoms with Gasteiger partial charge in [-0.1, -0.05) is 19.4 Å². The number of amides is 3. The quantitative estimate of drug-likeness (QED) is 0.416. The molecule has 3 atom stereocenters. The van der Waals surface area contributed by atoms with Crippen molar-refractivity contribution in [3.63, 3.8) is 0 Å². The summed E-state index contributed by atoms with van der Waals surface area (Å²) in [5.41, 5.74) is 5.86. The Morgan fingerprint density at radius 2 is 2.22 bits per heavy atom. The van der Waals surface area contributed by atoms with Crippen LogP contribution in [-0.2, 0) is 19.2 Å². The van der Waals surface area contributed by atoms with Crippen LogP contribution in [0.4, 0.5) is 9.18 Å². The third kappa shape index (κ3) is 3.44. The van der Waals surface area contributed by atoms with E-state index in [1.165, 1.54) is 4.90 Å². The predicted octanol–water partition coefficient (Wildman–Crippen LogP) is 0.477. The van der Waals surface area contributed by atoms with Gasteiger partial charge in [-0.2, -0.15) is 5.06 Å². The molecule has 0 aliphatic carbocycles. The van der Waals surface area contributed by atoms with Gasteiger partial charge in [-0.3, -0.25) is 4.79 Å². The summed E-state index contributed by atoms with van der Waals surface area (Å²) in [6, 6.07) is -2.18. The first-order valence-electron chi connectivity index (χ1n) is 7.41. The molecule has 0 aromatic heterocycles. The van der Waals surface area contributed by atoms with Gasteiger partial charge in [-0.25, -0.2) is 18.8 Å². The number of nitrogens with zero attached hydrogens (tertiary/aromatic N) is 2. The van der Waals surface area contributed by atoms with E-state index in [4.69, 9.17) is 15.3 Å². The summed E-state index contributed by atoms with van der Waals surface area (Å²) in [6.07, 6.45) is 0.605. The molecule has 128 valence electrons. The Hall–Kier alpha value is -2.16. The Balaban J connectivity index is 2.01. The van der Waals surface area contributed by atoms with E-state index in [-0.39, 0.29) is 13.2 Å². The first kappa shape index (κ1) is 17.2. The minimum atomic E-state index is -2.41. The van der Waals surface area contributed by atoms with Crippen LogP contribution in [0.1, 0.15) is 26.7 Å². The van der Waals surface area contributed by atoms with Crippen LogP contribution in [0.2, 0.25) is 0 Å². The van der Waals surface area contributed by atoms with Crippen molar-refractivity contribution in [1.29, 1.82) is 0 Å². The van der Waals surface area contributed by atoms with Crippen LogP contribution in [0, 0.1) is 0 Å². The Bertz CT molecular complexity index is 539. The lowest BCUT2D eigenvalue weighted by Gasteiger charge is -2.27. The molecule has 2 aliphatic rings. The average Bonchev–Trinajstić information content (AvgIpc) is 2.72. The number of hydroxylamine groups is 2. The van der Waals surface area contributed by atoms with Crippen LogP contribution >= 0.6 is 0 Å². The molecule has 0 aromatic carbocycles. The largest absolute Gasteiger partial charge is 0.462 e. The lowest BCUT2D eigenvalue weighted by Crippen LogP contribution is -2.48. The van der Waals surface area contributed by atoms with Gasteiger partial charge in [0.2, 0.25) is 5.91 Å². The summed E-state index contributed by atoms with van der Waals surface area (Å²) >= 11 is 0. The fourth-order valence-corrected chi connectivity index (χ4v) is 2.63. The van der Waals surface area contributed by atoms with Gasteiger partial charge in [0, 0.05) is 0 Å². The van der Waals surface area contributed by atoms with Crippen molar-refractivity contribution in [3.05, 3.63) is 11.6 Å². The number of halogens is 1. The van der Waals surface area contributed by atoms with Crippen molar-refractivity contribution in [2.45, 2.75) is 45.1 Å². The summed E-state index contributed by atoms with van der Waals surface area (Å²) in [5.74, 6) is -1.86. The van der Waals surface area contributed by atoms with E-state index in [1.807, 2.05) is 6.92 Å². The van der Waals surface area contributed by atoms with E-state index < -0.39 is 36.3 Å². The third-order valence-corrected chi connectivity index (χ3v) is 3.72. The van der Waals surface area contributed by atoms with E-state index in [0.717, 1.165) is 11.5 Å². The summed E-state index contributed by atoms with van der Waals surface area (Å²) in [6.45, 7) is 3.78. The smallest absolute Gasteiger partial charge is 0.371 e. The standard InChI is InChI=1S/C14H20FN3O5/c1-3-4-5-22-13(20)11(15)23-18-9-6-8(2)10(12(16)19)17(7-9)14(18)21/h6,9-11H,3-5,7H2,1-2H3,(H2,16,19)/t9-,10-,11-/m0/s1. The molecular weight excluding hydrogens is 309 g/mol. The monoisotopic (exact) mass is 329 g/mol. The Morgan fingerprint density at radius 1 is 1.52 bits per heavy atom. The molecule has 2 bridgehead atoms. The normalized spacial score (nSPS) is 24.5. The number of carbonyl (C=O) groups is 3. The van der Waals surface area contributed by atoms with Crippen molar-refractivity contribution >= 4 is 17.9 Å². The molecule has 0 saturated carbocycles. The van der Waals surface area contributed by atoms with Crippen LogP contribution in [0.5, 0.6) is 0 Å². The molecule has 1 fully saturated rings. The molecule has 0 spiro atoms. The van der Waals surface area contributed by atoms with Crippen LogP contribution in [0.3, 0.4) is 0 Å². The first-order chi connectivity index (χ1) is 10.9. The van der Waals surface area contributed by atoms with Gasteiger partial charge >= 0.3 is 18.4 Å². The van der Waals surface area contributed by atoms with Crippen LogP contribution < -0.4 is 5.73 Å². The number of ether oxygens (including phenoxy) is 1. The fraction of sp³-hybridized carbons (Fsp3) is 0.643. The Kier molecular flexibility index (Phi) is 5.19. The molecule has 2 N–H and O–H groups in total. The molecule has 2 rings (SSSR count). The molecule has 23 heavy (non-hydrogen) atoms. The molecule has 2 heterocycles. The molecule has 0 radical (unpaired) electrons. The topological polar surface area (TPSA) is 102 Å². The van der Waals surface area contributed by atoms with Gasteiger partial charge in [0.15, 0.2) is 0 Å². The number of alkyl halides is 1. The predicted molar refractivity (Wildman–Crippen MR) is 76.3 cm³/mol. The second-order valence-corrected chi connectivity index (χ2v) is 5.49. The van der Waals surface area contributed by atoms with Gasteiger partial charge in [0.1, 0.15) is 6.04 Å². The second-order valence-electron chi connectivity index (χ2n) is 5.49. The van der Waals surface area contributed by atoms with Gasteiger partial charge in [0.05, 0.1) is 19.2 Å². The second kappa shape index (κ2) is 6.95. The molecule has 9 heteroatoms. The van der Waals surface area contributed by atoms with Gasteiger partial charge in [-0.15, -0.1) is 0 Å². The number of hydrogen-bond donors (Lipinski definition) is 1. The zero-order valence-electron chi connectivity index (χ0n) is 13.0. The first-order valence-corrected chi connectivity index (χ1v) is 7.41. The number of fused-ring (bicyclic) bond motifs is 2. The van der Waals surface area contributed by atoms with E-state index in [2.05, 4.69) is 0 Å². The van der Waals surface area contributed by atoms with E-state index in [0.29, 0.717) is 12.0 Å². The molecule has 8 nitrogen and oxygen atoms in total. The highest BCUT2D eigenvalue weighted by atomic mass is 19.1. The highest BCUT2D eigenvalue weighted by molar-refractivity contribution is 5.90. The maximum atomic E-state index is 13.8. The average molecular weight is 329 g/mol. The number of hydrogen-bond acceptors (Lipinski definition) is 5. The third-order valence-electron chi connectivity index (χ3n) is 3.72. The van der Waals surface area contributed by atoms with Crippen LogP contribution in [-0.4, -0.2) is 59.5 Å². The number of urea groups is 1. The fourth-order valence-electron chi connectivity index (χ4n) is 2.63. The maximum absolute atomic E-state index is 13.8. The van der Waals surface area contributed by atoms with Crippen molar-refractivity contribution in [2.24, 2.45) is 5.73 Å². The number of unbranched alkanes of at least 4 members (excludes halogenated alkanes) is 1. The summed E-state index contributed by atoms with van der Waals surface area (Å²) in [5, 5.41) is 0.748.